The van der Waals surface area contributed by atoms with Gasteiger partial charge in [-0.1, -0.05) is 6.07 Å². The zero-order chi connectivity index (χ0) is 13.9. The fourth-order valence-electron chi connectivity index (χ4n) is 2.22. The van der Waals surface area contributed by atoms with Gasteiger partial charge < -0.3 is 4.57 Å². The van der Waals surface area contributed by atoms with Crippen LogP contribution in [0.25, 0.3) is 11.0 Å². The van der Waals surface area contributed by atoms with Crippen LogP contribution < -0.4 is 0 Å². The Morgan fingerprint density at radius 2 is 2.30 bits per heavy atom. The maximum absolute atomic E-state index is 9.15. The smallest absolute Gasteiger partial charge is 0.124 e. The first kappa shape index (κ1) is 13.1. The van der Waals surface area contributed by atoms with E-state index >= 15 is 0 Å². The lowest BCUT2D eigenvalue weighted by atomic mass is 10.2. The van der Waals surface area contributed by atoms with Crippen molar-refractivity contribution >= 4 is 34.0 Å². The van der Waals surface area contributed by atoms with Crippen LogP contribution in [0, 0.1) is 11.3 Å². The van der Waals surface area contributed by atoms with Gasteiger partial charge in [-0.25, -0.2) is 9.97 Å². The number of aromatic nitrogens is 3. The summed E-state index contributed by atoms with van der Waals surface area (Å²) in [5.41, 5.74) is 2.27. The molecule has 0 aliphatic heterocycles. The molecule has 6 heteroatoms. The monoisotopic (exact) mass is 302 g/mol. The molecule has 3 rings (SSSR count). The maximum atomic E-state index is 9.15. The second kappa shape index (κ2) is 5.61. The molecule has 1 aromatic carbocycles. The van der Waals surface area contributed by atoms with Gasteiger partial charge in [0.2, 0.25) is 0 Å². The lowest BCUT2D eigenvalue weighted by Gasteiger charge is -2.06. The summed E-state index contributed by atoms with van der Waals surface area (Å²) in [6.07, 6.45) is 2.64. The fraction of sp³-hybridized carbons (Fsp3) is 0.214. The van der Waals surface area contributed by atoms with Gasteiger partial charge >= 0.3 is 0 Å². The molecule has 20 heavy (non-hydrogen) atoms. The number of aryl methyl sites for hydroxylation is 2. The van der Waals surface area contributed by atoms with Gasteiger partial charge in [0.15, 0.2) is 0 Å². The van der Waals surface area contributed by atoms with Crippen LogP contribution >= 0.6 is 22.9 Å². The van der Waals surface area contributed by atoms with E-state index < -0.39 is 0 Å². The number of hydrogen-bond acceptors (Lipinski definition) is 4. The molecule has 0 aliphatic carbocycles. The molecule has 0 bridgehead atoms. The van der Waals surface area contributed by atoms with E-state index in [9.17, 15) is 0 Å². The highest BCUT2D eigenvalue weighted by Gasteiger charge is 2.13. The summed E-state index contributed by atoms with van der Waals surface area (Å²) in [4.78, 5) is 8.78. The van der Waals surface area contributed by atoms with Crippen molar-refractivity contribution in [2.45, 2.75) is 18.8 Å². The second-order valence-corrected chi connectivity index (χ2v) is 5.52. The standard InChI is InChI=1S/C14H11ClN4S/c15-8-12-18-14-10(9-16)2-1-3-11(14)19(12)6-4-13-17-5-7-20-13/h1-3,5,7H,4,6,8H2. The first-order valence-electron chi connectivity index (χ1n) is 6.16. The lowest BCUT2D eigenvalue weighted by Crippen LogP contribution is -2.04. The summed E-state index contributed by atoms with van der Waals surface area (Å²) in [7, 11) is 0. The van der Waals surface area contributed by atoms with E-state index in [-0.39, 0.29) is 0 Å². The van der Waals surface area contributed by atoms with E-state index in [1.54, 1.807) is 17.4 Å². The second-order valence-electron chi connectivity index (χ2n) is 4.27. The van der Waals surface area contributed by atoms with Crippen LogP contribution in [0.15, 0.2) is 29.8 Å². The number of fused-ring (bicyclic) bond motifs is 1. The Morgan fingerprint density at radius 3 is 3.00 bits per heavy atom. The number of halogens is 1. The van der Waals surface area contributed by atoms with Crippen molar-refractivity contribution in [2.75, 3.05) is 0 Å². The highest BCUT2D eigenvalue weighted by molar-refractivity contribution is 7.09. The van der Waals surface area contributed by atoms with Crippen LogP contribution in [0.3, 0.4) is 0 Å². The van der Waals surface area contributed by atoms with Crippen molar-refractivity contribution in [2.24, 2.45) is 0 Å². The highest BCUT2D eigenvalue weighted by atomic mass is 35.5. The van der Waals surface area contributed by atoms with E-state index in [1.807, 2.05) is 23.7 Å². The maximum Gasteiger partial charge on any atom is 0.124 e. The molecular formula is C14H11ClN4S. The largest absolute Gasteiger partial charge is 0.327 e. The Labute approximate surface area is 125 Å². The van der Waals surface area contributed by atoms with Crippen molar-refractivity contribution in [3.05, 3.63) is 46.2 Å². The molecule has 0 spiro atoms. The summed E-state index contributed by atoms with van der Waals surface area (Å²) in [5.74, 6) is 1.12. The van der Waals surface area contributed by atoms with Gasteiger partial charge in [0, 0.05) is 24.5 Å². The van der Waals surface area contributed by atoms with E-state index in [0.29, 0.717) is 11.4 Å². The molecule has 0 amide bonds. The average molecular weight is 303 g/mol. The number of para-hydroxylation sites is 1. The van der Waals surface area contributed by atoms with Crippen molar-refractivity contribution in [3.8, 4) is 6.07 Å². The van der Waals surface area contributed by atoms with Crippen LogP contribution in [-0.2, 0) is 18.8 Å². The molecule has 0 saturated heterocycles. The third kappa shape index (κ3) is 2.28. The number of benzene rings is 1. The molecule has 0 radical (unpaired) electrons. The van der Waals surface area contributed by atoms with Crippen LogP contribution in [0.2, 0.25) is 0 Å². The summed E-state index contributed by atoms with van der Waals surface area (Å²) >= 11 is 7.62. The number of hydrogen-bond donors (Lipinski definition) is 0. The third-order valence-corrected chi connectivity index (χ3v) is 4.21. The topological polar surface area (TPSA) is 54.5 Å². The number of nitriles is 1. The van der Waals surface area contributed by atoms with Crippen LogP contribution in [-0.4, -0.2) is 14.5 Å². The first-order valence-corrected chi connectivity index (χ1v) is 7.57. The molecule has 4 nitrogen and oxygen atoms in total. The van der Waals surface area contributed by atoms with Gasteiger partial charge in [-0.15, -0.1) is 22.9 Å². The van der Waals surface area contributed by atoms with Crippen molar-refractivity contribution in [3.63, 3.8) is 0 Å². The minimum absolute atomic E-state index is 0.331. The van der Waals surface area contributed by atoms with Crippen LogP contribution in [0.5, 0.6) is 0 Å². The Hall–Kier alpha value is -1.90. The lowest BCUT2D eigenvalue weighted by molar-refractivity contribution is 0.685. The number of imidazole rings is 1. The molecule has 100 valence electrons. The molecule has 0 saturated carbocycles. The highest BCUT2D eigenvalue weighted by Crippen LogP contribution is 2.21. The number of thiazole rings is 1. The van der Waals surface area contributed by atoms with E-state index in [4.69, 9.17) is 16.9 Å². The molecule has 0 N–H and O–H groups in total. The zero-order valence-electron chi connectivity index (χ0n) is 10.6. The molecule has 2 heterocycles. The first-order chi connectivity index (χ1) is 9.83. The van der Waals surface area contributed by atoms with Gasteiger partial charge in [0.05, 0.1) is 22.0 Å². The van der Waals surface area contributed by atoms with Gasteiger partial charge in [0.25, 0.3) is 0 Å². The number of alkyl halides is 1. The molecule has 2 aromatic heterocycles. The summed E-state index contributed by atoms with van der Waals surface area (Å²) < 4.78 is 2.07. The minimum Gasteiger partial charge on any atom is -0.327 e. The van der Waals surface area contributed by atoms with Gasteiger partial charge in [-0.3, -0.25) is 0 Å². The average Bonchev–Trinajstić information content (AvgIpc) is 3.11. The van der Waals surface area contributed by atoms with Crippen LogP contribution in [0.4, 0.5) is 0 Å². The number of rotatable bonds is 4. The van der Waals surface area contributed by atoms with Crippen molar-refractivity contribution in [1.29, 1.82) is 5.26 Å². The van der Waals surface area contributed by atoms with E-state index in [1.165, 1.54) is 0 Å². The van der Waals surface area contributed by atoms with Crippen molar-refractivity contribution < 1.29 is 0 Å². The fourth-order valence-corrected chi connectivity index (χ4v) is 3.03. The Bertz CT molecular complexity index is 770. The Kier molecular flexibility index (Phi) is 3.68. The minimum atomic E-state index is 0.331. The molecule has 0 aliphatic rings. The normalized spacial score (nSPS) is 10.8. The third-order valence-electron chi connectivity index (χ3n) is 3.13. The van der Waals surface area contributed by atoms with E-state index in [2.05, 4.69) is 20.6 Å². The summed E-state index contributed by atoms with van der Waals surface area (Å²) in [5, 5.41) is 12.2. The molecular weight excluding hydrogens is 292 g/mol. The molecule has 0 unspecified atom stereocenters. The molecule has 0 fully saturated rings. The predicted molar refractivity (Wildman–Crippen MR) is 79.8 cm³/mol. The van der Waals surface area contributed by atoms with Crippen molar-refractivity contribution in [1.82, 2.24) is 14.5 Å². The van der Waals surface area contributed by atoms with E-state index in [0.717, 1.165) is 34.8 Å². The van der Waals surface area contributed by atoms with Gasteiger partial charge in [-0.2, -0.15) is 5.26 Å². The Balaban J connectivity index is 2.02. The number of nitrogens with zero attached hydrogens (tertiary/aromatic N) is 4. The SMILES string of the molecule is N#Cc1cccc2c1nc(CCl)n2CCc1nccs1. The summed E-state index contributed by atoms with van der Waals surface area (Å²) in [6, 6.07) is 7.80. The Morgan fingerprint density at radius 1 is 1.40 bits per heavy atom. The van der Waals surface area contributed by atoms with Crippen LogP contribution in [0.1, 0.15) is 16.4 Å². The predicted octanol–water partition coefficient (Wildman–Crippen LogP) is 3.35. The quantitative estimate of drug-likeness (QED) is 0.695. The molecule has 0 atom stereocenters. The van der Waals surface area contributed by atoms with Gasteiger partial charge in [0.1, 0.15) is 17.4 Å². The zero-order valence-corrected chi connectivity index (χ0v) is 12.2. The summed E-state index contributed by atoms with van der Waals surface area (Å²) in [6.45, 7) is 0.765. The molecule has 3 aromatic rings. The van der Waals surface area contributed by atoms with Gasteiger partial charge in [-0.05, 0) is 12.1 Å².